The first-order valence-electron chi connectivity index (χ1n) is 8.53. The molecule has 1 saturated heterocycles. The van der Waals surface area contributed by atoms with Crippen molar-refractivity contribution in [1.29, 1.82) is 0 Å². The normalized spacial score (nSPS) is 22.7. The summed E-state index contributed by atoms with van der Waals surface area (Å²) in [6.45, 7) is 1.16. The first-order valence-corrected chi connectivity index (χ1v) is 8.53. The van der Waals surface area contributed by atoms with Gasteiger partial charge >= 0.3 is 0 Å². The predicted octanol–water partition coefficient (Wildman–Crippen LogP) is 1.94. The van der Waals surface area contributed by atoms with Crippen LogP contribution < -0.4 is 5.73 Å². The van der Waals surface area contributed by atoms with Crippen LogP contribution in [-0.4, -0.2) is 33.5 Å². The van der Waals surface area contributed by atoms with Crippen molar-refractivity contribution in [3.05, 3.63) is 53.8 Å². The topological polar surface area (TPSA) is 85.3 Å². The Bertz CT molecular complexity index is 770. The summed E-state index contributed by atoms with van der Waals surface area (Å²) in [6, 6.07) is 6.15. The number of piperidine rings is 1. The monoisotopic (exact) mass is 343 g/mol. The van der Waals surface area contributed by atoms with Crippen molar-refractivity contribution in [2.75, 3.05) is 6.54 Å². The fraction of sp³-hybridized carbons (Fsp3) is 0.444. The van der Waals surface area contributed by atoms with Crippen LogP contribution in [-0.2, 0) is 16.8 Å². The van der Waals surface area contributed by atoms with E-state index >= 15 is 0 Å². The lowest BCUT2D eigenvalue weighted by Crippen LogP contribution is -2.47. The Kier molecular flexibility index (Phi) is 4.03. The van der Waals surface area contributed by atoms with Gasteiger partial charge in [-0.25, -0.2) is 4.39 Å². The number of hydrogen-bond acceptors (Lipinski definition) is 5. The zero-order chi connectivity index (χ0) is 17.4. The van der Waals surface area contributed by atoms with Gasteiger partial charge in [0.2, 0.25) is 11.8 Å². The number of nitrogens with two attached hydrogens (primary N) is 1. The molecule has 1 aromatic heterocycles. The molecule has 1 amide bonds. The summed E-state index contributed by atoms with van der Waals surface area (Å²) in [6.07, 6.45) is 5.47. The molecule has 2 aromatic rings. The molecule has 1 saturated carbocycles. The quantitative estimate of drug-likeness (QED) is 0.897. The number of halogens is 1. The zero-order valence-corrected chi connectivity index (χ0v) is 13.8. The minimum absolute atomic E-state index is 0.257. The predicted molar refractivity (Wildman–Crippen MR) is 87.6 cm³/mol. The number of hydrogen-bond donors (Lipinski definition) is 1. The highest BCUT2D eigenvalue weighted by Crippen LogP contribution is 2.52. The Morgan fingerprint density at radius 3 is 2.80 bits per heavy atom. The maximum atomic E-state index is 13.2. The van der Waals surface area contributed by atoms with Gasteiger partial charge in [-0.3, -0.25) is 9.69 Å². The molecule has 2 aliphatic rings. The van der Waals surface area contributed by atoms with Gasteiger partial charge in [0.25, 0.3) is 0 Å². The van der Waals surface area contributed by atoms with Gasteiger partial charge in [-0.15, -0.1) is 0 Å². The molecule has 7 heteroatoms. The molecule has 1 aliphatic heterocycles. The number of carbonyl (C=O) groups is 1. The van der Waals surface area contributed by atoms with Gasteiger partial charge < -0.3 is 10.3 Å². The smallest absolute Gasteiger partial charge is 0.240 e. The van der Waals surface area contributed by atoms with E-state index in [4.69, 9.17) is 10.3 Å². The van der Waals surface area contributed by atoms with E-state index < -0.39 is 0 Å². The molecule has 0 spiro atoms. The summed E-state index contributed by atoms with van der Waals surface area (Å²) in [5.74, 6) is 0.526. The number of primary amides is 1. The maximum Gasteiger partial charge on any atom is 0.240 e. The van der Waals surface area contributed by atoms with Crippen LogP contribution in [0.4, 0.5) is 4.39 Å². The molecule has 25 heavy (non-hydrogen) atoms. The van der Waals surface area contributed by atoms with Crippen LogP contribution in [0.2, 0.25) is 0 Å². The van der Waals surface area contributed by atoms with Crippen LogP contribution in [0.25, 0.3) is 0 Å². The van der Waals surface area contributed by atoms with E-state index in [1.165, 1.54) is 12.1 Å². The third-order valence-electron chi connectivity index (χ3n) is 5.16. The molecule has 6 nitrogen and oxygen atoms in total. The highest BCUT2D eigenvalue weighted by Gasteiger charge is 2.50. The van der Waals surface area contributed by atoms with Crippen LogP contribution in [0.15, 0.2) is 28.8 Å². The second kappa shape index (κ2) is 6.22. The fourth-order valence-electron chi connectivity index (χ4n) is 3.55. The number of likely N-dealkylation sites (tertiary alicyclic amines) is 1. The minimum atomic E-state index is -0.333. The van der Waals surface area contributed by atoms with Crippen LogP contribution in [0.5, 0.6) is 0 Å². The van der Waals surface area contributed by atoms with Gasteiger partial charge in [0.1, 0.15) is 5.82 Å². The number of benzene rings is 1. The third kappa shape index (κ3) is 3.04. The Balaban J connectivity index is 1.52. The Morgan fingerprint density at radius 2 is 2.12 bits per heavy atom. The molecule has 2 N–H and O–H groups in total. The van der Waals surface area contributed by atoms with E-state index in [2.05, 4.69) is 16.6 Å². The first-order chi connectivity index (χ1) is 12.1. The highest BCUT2D eigenvalue weighted by molar-refractivity contribution is 5.80. The van der Waals surface area contributed by atoms with E-state index in [1.807, 2.05) is 4.90 Å². The number of aromatic nitrogens is 2. The fourth-order valence-corrected chi connectivity index (χ4v) is 3.55. The second-order valence-electron chi connectivity index (χ2n) is 6.80. The van der Waals surface area contributed by atoms with E-state index in [9.17, 15) is 9.18 Å². The van der Waals surface area contributed by atoms with Gasteiger partial charge in [-0.2, -0.15) is 4.98 Å². The third-order valence-corrected chi connectivity index (χ3v) is 5.16. The molecule has 131 valence electrons. The van der Waals surface area contributed by atoms with E-state index in [-0.39, 0.29) is 23.2 Å². The van der Waals surface area contributed by atoms with Crippen molar-refractivity contribution in [2.45, 2.75) is 43.7 Å². The maximum absolute atomic E-state index is 13.2. The Labute approximate surface area is 145 Å². The summed E-state index contributed by atoms with van der Waals surface area (Å²) in [7, 11) is 0. The van der Waals surface area contributed by atoms with E-state index in [0.717, 1.165) is 31.4 Å². The van der Waals surface area contributed by atoms with Crippen LogP contribution in [0.1, 0.15) is 43.0 Å². The van der Waals surface area contributed by atoms with E-state index in [0.29, 0.717) is 24.7 Å². The van der Waals surface area contributed by atoms with Crippen molar-refractivity contribution in [2.24, 2.45) is 5.73 Å². The Hall–Kier alpha value is -2.28. The lowest BCUT2D eigenvalue weighted by molar-refractivity contribution is -0.124. The molecule has 4 rings (SSSR count). The van der Waals surface area contributed by atoms with Gasteiger partial charge in [0.05, 0.1) is 18.0 Å². The molecular weight excluding hydrogens is 323 g/mol. The number of carbonyl (C=O) groups excluding carboxylic acids is 1. The molecular formula is C18H20FN4O2. The molecule has 2 heterocycles. The van der Waals surface area contributed by atoms with Crippen molar-refractivity contribution in [1.82, 2.24) is 15.0 Å². The van der Waals surface area contributed by atoms with E-state index in [1.54, 1.807) is 12.1 Å². The van der Waals surface area contributed by atoms with Gasteiger partial charge in [0.15, 0.2) is 5.82 Å². The van der Waals surface area contributed by atoms with Crippen LogP contribution >= 0.6 is 0 Å². The number of rotatable bonds is 5. The number of amides is 1. The summed E-state index contributed by atoms with van der Waals surface area (Å²) >= 11 is 0. The average Bonchev–Trinajstić information content (AvgIpc) is 3.29. The standard InChI is InChI=1S/C18H20FN4O2/c19-13-6-4-12(5-7-13)18(8-9-18)17-21-15(25-22-17)11-23-10-2-1-3-14(23)16(20)24/h1,4-7,14H,2-3,8-11H2,(H2,20,24). The average molecular weight is 343 g/mol. The first kappa shape index (κ1) is 16.2. The molecule has 1 aliphatic carbocycles. The molecule has 1 radical (unpaired) electrons. The lowest BCUT2D eigenvalue weighted by atomic mass is 9.95. The van der Waals surface area contributed by atoms with Gasteiger partial charge in [-0.1, -0.05) is 17.3 Å². The van der Waals surface area contributed by atoms with Crippen molar-refractivity contribution in [3.8, 4) is 0 Å². The zero-order valence-electron chi connectivity index (χ0n) is 13.8. The summed E-state index contributed by atoms with van der Waals surface area (Å²) in [4.78, 5) is 18.1. The lowest BCUT2D eigenvalue weighted by Gasteiger charge is -2.32. The summed E-state index contributed by atoms with van der Waals surface area (Å²) < 4.78 is 18.6. The summed E-state index contributed by atoms with van der Waals surface area (Å²) in [5.41, 5.74) is 6.22. The minimum Gasteiger partial charge on any atom is -0.368 e. The van der Waals surface area contributed by atoms with Crippen LogP contribution in [0, 0.1) is 12.2 Å². The second-order valence-corrected chi connectivity index (χ2v) is 6.80. The molecule has 0 bridgehead atoms. The van der Waals surface area contributed by atoms with Gasteiger partial charge in [-0.05, 0) is 56.3 Å². The van der Waals surface area contributed by atoms with Crippen molar-refractivity contribution < 1.29 is 13.7 Å². The SMILES string of the molecule is NC(=O)C1C[CH]CCN1Cc1nc(C2(c3ccc(F)cc3)CC2)no1. The van der Waals surface area contributed by atoms with Crippen LogP contribution in [0.3, 0.4) is 0 Å². The van der Waals surface area contributed by atoms with Gasteiger partial charge in [0, 0.05) is 0 Å². The molecule has 1 atom stereocenters. The largest absolute Gasteiger partial charge is 0.368 e. The molecule has 1 unspecified atom stereocenters. The Morgan fingerprint density at radius 1 is 1.36 bits per heavy atom. The molecule has 2 fully saturated rings. The van der Waals surface area contributed by atoms with Crippen molar-refractivity contribution in [3.63, 3.8) is 0 Å². The number of nitrogens with zero attached hydrogens (tertiary/aromatic N) is 3. The highest BCUT2D eigenvalue weighted by atomic mass is 19.1. The van der Waals surface area contributed by atoms with Crippen molar-refractivity contribution >= 4 is 5.91 Å². The summed E-state index contributed by atoms with van der Waals surface area (Å²) in [5, 5.41) is 4.15. The molecule has 1 aromatic carbocycles.